The average Bonchev–Trinajstić information content (AvgIpc) is 3.06. The highest BCUT2D eigenvalue weighted by molar-refractivity contribution is 5.85. The quantitative estimate of drug-likeness (QED) is 0.378. The fourth-order valence-corrected chi connectivity index (χ4v) is 4.16. The van der Waals surface area contributed by atoms with Crippen LogP contribution in [0.2, 0.25) is 0 Å². The predicted molar refractivity (Wildman–Crippen MR) is 107 cm³/mol. The number of carbonyl (C=O) groups excluding carboxylic acids is 1. The lowest BCUT2D eigenvalue weighted by Crippen LogP contribution is -2.46. The molecule has 9 heteroatoms. The lowest BCUT2D eigenvalue weighted by atomic mass is 9.80. The Balaban J connectivity index is 0.00000300. The molecule has 1 aliphatic heterocycles. The monoisotopic (exact) mass is 431 g/mol. The van der Waals surface area contributed by atoms with Crippen LogP contribution in [-0.2, 0) is 15.1 Å². The van der Waals surface area contributed by atoms with Crippen LogP contribution >= 0.6 is 12.4 Å². The zero-order valence-corrected chi connectivity index (χ0v) is 17.0. The third-order valence-electron chi connectivity index (χ3n) is 5.92. The molecule has 1 saturated heterocycles. The molecule has 2 aliphatic rings. The van der Waals surface area contributed by atoms with Crippen molar-refractivity contribution in [1.29, 1.82) is 5.41 Å². The molecule has 1 saturated carbocycles. The number of aliphatic hydroxyl groups is 1. The van der Waals surface area contributed by atoms with Crippen LogP contribution in [0.25, 0.3) is 0 Å². The number of nitrogens with zero attached hydrogens (tertiary/aromatic N) is 1. The maximum atomic E-state index is 13.8. The zero-order valence-electron chi connectivity index (χ0n) is 16.2. The van der Waals surface area contributed by atoms with E-state index in [2.05, 4.69) is 0 Å². The Morgan fingerprint density at radius 2 is 1.90 bits per heavy atom. The van der Waals surface area contributed by atoms with Crippen LogP contribution in [0.4, 0.5) is 8.78 Å². The Bertz CT molecular complexity index is 714. The van der Waals surface area contributed by atoms with Gasteiger partial charge in [0.05, 0.1) is 6.61 Å². The molecule has 0 bridgehead atoms. The van der Waals surface area contributed by atoms with E-state index in [0.29, 0.717) is 25.9 Å². The normalized spacial score (nSPS) is 23.7. The van der Waals surface area contributed by atoms with Gasteiger partial charge in [0, 0.05) is 31.8 Å². The van der Waals surface area contributed by atoms with Gasteiger partial charge in [-0.15, -0.1) is 12.4 Å². The standard InChI is InChI=1S/C20H27F2N3O3.ClH/c21-19(22)9-6-16(12-19)20(27,15-4-2-1-3-5-15)17(26)28-13-14-7-10-25(11-8-14)18(23)24;/h1-5,14,16,27H,6-13H2,(H3,23,24);1H/t16-,20+;/m1./s1. The first kappa shape index (κ1) is 23.3. The average molecular weight is 432 g/mol. The summed E-state index contributed by atoms with van der Waals surface area (Å²) in [5, 5.41) is 18.7. The maximum absolute atomic E-state index is 13.8. The van der Waals surface area contributed by atoms with Crippen LogP contribution in [0.5, 0.6) is 0 Å². The Kier molecular flexibility index (Phi) is 7.45. The largest absolute Gasteiger partial charge is 0.463 e. The van der Waals surface area contributed by atoms with Crippen LogP contribution in [0.15, 0.2) is 30.3 Å². The number of alkyl halides is 2. The van der Waals surface area contributed by atoms with Gasteiger partial charge >= 0.3 is 5.97 Å². The number of nitrogens with two attached hydrogens (primary N) is 1. The Morgan fingerprint density at radius 1 is 1.28 bits per heavy atom. The molecule has 29 heavy (non-hydrogen) atoms. The Morgan fingerprint density at radius 3 is 2.41 bits per heavy atom. The number of nitrogens with one attached hydrogen (secondary N) is 1. The molecule has 4 N–H and O–H groups in total. The number of halogens is 3. The van der Waals surface area contributed by atoms with Crippen LogP contribution < -0.4 is 5.73 Å². The van der Waals surface area contributed by atoms with Gasteiger partial charge in [-0.3, -0.25) is 5.41 Å². The van der Waals surface area contributed by atoms with Gasteiger partial charge in [-0.1, -0.05) is 30.3 Å². The van der Waals surface area contributed by atoms with Crippen molar-refractivity contribution in [3.8, 4) is 0 Å². The summed E-state index contributed by atoms with van der Waals surface area (Å²) in [7, 11) is 0. The molecule has 0 radical (unpaired) electrons. The minimum absolute atomic E-state index is 0. The number of likely N-dealkylation sites (tertiary alicyclic amines) is 1. The van der Waals surface area contributed by atoms with Crippen molar-refractivity contribution >= 4 is 24.3 Å². The van der Waals surface area contributed by atoms with Crippen LogP contribution in [0.1, 0.15) is 37.7 Å². The van der Waals surface area contributed by atoms with Gasteiger partial charge in [-0.2, -0.15) is 0 Å². The summed E-state index contributed by atoms with van der Waals surface area (Å²) in [5.41, 5.74) is 3.68. The number of esters is 1. The number of carbonyl (C=O) groups is 1. The van der Waals surface area contributed by atoms with Gasteiger partial charge in [0.2, 0.25) is 5.92 Å². The van der Waals surface area contributed by atoms with E-state index in [1.807, 2.05) is 0 Å². The SMILES string of the molecule is Cl.N=C(N)N1CCC(COC(=O)[C@](O)(c2ccccc2)[C@@H]2CCC(F)(F)C2)CC1. The molecule has 2 atom stereocenters. The molecule has 0 unspecified atom stereocenters. The van der Waals surface area contributed by atoms with E-state index >= 15 is 0 Å². The van der Waals surface area contributed by atoms with E-state index in [1.54, 1.807) is 35.2 Å². The van der Waals surface area contributed by atoms with Crippen molar-refractivity contribution in [2.45, 2.75) is 43.6 Å². The topological polar surface area (TPSA) is 99.6 Å². The van der Waals surface area contributed by atoms with Crippen molar-refractivity contribution < 1.29 is 23.4 Å². The minimum atomic E-state index is -2.88. The summed E-state index contributed by atoms with van der Waals surface area (Å²) in [4.78, 5) is 14.6. The van der Waals surface area contributed by atoms with Crippen LogP contribution in [0, 0.1) is 17.2 Å². The first-order chi connectivity index (χ1) is 13.2. The number of piperidine rings is 1. The molecule has 2 fully saturated rings. The van der Waals surface area contributed by atoms with Gasteiger partial charge in [0.15, 0.2) is 11.6 Å². The summed E-state index contributed by atoms with van der Waals surface area (Å²) in [5.74, 6) is -4.53. The number of guanidine groups is 1. The lowest BCUT2D eigenvalue weighted by Gasteiger charge is -2.34. The van der Waals surface area contributed by atoms with Crippen molar-refractivity contribution in [3.63, 3.8) is 0 Å². The summed E-state index contributed by atoms with van der Waals surface area (Å²) in [6.45, 7) is 1.33. The highest BCUT2D eigenvalue weighted by atomic mass is 35.5. The van der Waals surface area contributed by atoms with Gasteiger partial charge in [-0.25, -0.2) is 13.6 Å². The Hall–Kier alpha value is -1.93. The summed E-state index contributed by atoms with van der Waals surface area (Å²) in [6.07, 6.45) is 0.592. The van der Waals surface area contributed by atoms with Crippen molar-refractivity contribution in [3.05, 3.63) is 35.9 Å². The zero-order chi connectivity index (χ0) is 20.4. The predicted octanol–water partition coefficient (Wildman–Crippen LogP) is 2.88. The van der Waals surface area contributed by atoms with E-state index in [9.17, 15) is 18.7 Å². The van der Waals surface area contributed by atoms with Crippen LogP contribution in [0.3, 0.4) is 0 Å². The van der Waals surface area contributed by atoms with E-state index in [0.717, 1.165) is 0 Å². The van der Waals surface area contributed by atoms with E-state index < -0.39 is 29.8 Å². The van der Waals surface area contributed by atoms with E-state index in [-0.39, 0.29) is 49.3 Å². The van der Waals surface area contributed by atoms with Crippen LogP contribution in [-0.4, -0.2) is 47.6 Å². The third kappa shape index (κ3) is 5.17. The minimum Gasteiger partial charge on any atom is -0.463 e. The molecule has 6 nitrogen and oxygen atoms in total. The van der Waals surface area contributed by atoms with E-state index in [4.69, 9.17) is 15.9 Å². The third-order valence-corrected chi connectivity index (χ3v) is 5.92. The van der Waals surface area contributed by atoms with Crippen molar-refractivity contribution in [1.82, 2.24) is 4.90 Å². The molecule has 1 aliphatic carbocycles. The summed E-state index contributed by atoms with van der Waals surface area (Å²) < 4.78 is 33.0. The molecule has 0 aromatic heterocycles. The highest BCUT2D eigenvalue weighted by Crippen LogP contribution is 2.48. The molecule has 0 amide bonds. The number of rotatable bonds is 5. The molecule has 162 valence electrons. The number of ether oxygens (including phenoxy) is 1. The molecule has 1 heterocycles. The molecular weight excluding hydrogens is 404 g/mol. The first-order valence-electron chi connectivity index (χ1n) is 9.64. The maximum Gasteiger partial charge on any atom is 0.343 e. The molecule has 1 aromatic carbocycles. The fraction of sp³-hybridized carbons (Fsp3) is 0.600. The number of benzene rings is 1. The second-order valence-corrected chi connectivity index (χ2v) is 7.84. The highest BCUT2D eigenvalue weighted by Gasteiger charge is 2.54. The summed E-state index contributed by atoms with van der Waals surface area (Å²) in [6, 6.07) is 8.21. The number of hydrogen-bond acceptors (Lipinski definition) is 4. The number of hydrogen-bond donors (Lipinski definition) is 3. The second-order valence-electron chi connectivity index (χ2n) is 7.84. The van der Waals surface area contributed by atoms with E-state index in [1.165, 1.54) is 0 Å². The smallest absolute Gasteiger partial charge is 0.343 e. The lowest BCUT2D eigenvalue weighted by molar-refractivity contribution is -0.176. The molecular formula is C20H28ClF2N3O3. The Labute approximate surface area is 175 Å². The first-order valence-corrected chi connectivity index (χ1v) is 9.64. The van der Waals surface area contributed by atoms with Gasteiger partial charge < -0.3 is 20.5 Å². The van der Waals surface area contributed by atoms with Gasteiger partial charge in [-0.05, 0) is 30.7 Å². The van der Waals surface area contributed by atoms with Crippen molar-refractivity contribution in [2.75, 3.05) is 19.7 Å². The van der Waals surface area contributed by atoms with Crippen molar-refractivity contribution in [2.24, 2.45) is 17.6 Å². The summed E-state index contributed by atoms with van der Waals surface area (Å²) >= 11 is 0. The van der Waals surface area contributed by atoms with Gasteiger partial charge in [0.1, 0.15) is 0 Å². The molecule has 0 spiro atoms. The van der Waals surface area contributed by atoms with Gasteiger partial charge in [0.25, 0.3) is 0 Å². The molecule has 1 aromatic rings. The molecule has 3 rings (SSSR count). The fourth-order valence-electron chi connectivity index (χ4n) is 4.16. The second kappa shape index (κ2) is 9.26.